The van der Waals surface area contributed by atoms with Crippen LogP contribution in [-0.4, -0.2) is 49.0 Å². The molecule has 1 aliphatic rings. The van der Waals surface area contributed by atoms with Crippen LogP contribution in [0.15, 0.2) is 60.8 Å². The number of carbonyl (C=O) groups is 1. The molecule has 1 N–H and O–H groups in total. The molecule has 5 nitrogen and oxygen atoms in total. The normalized spacial score (nSPS) is 15.0. The molecule has 1 saturated heterocycles. The maximum absolute atomic E-state index is 12.5. The predicted molar refractivity (Wildman–Crippen MR) is 113 cm³/mol. The zero-order valence-corrected chi connectivity index (χ0v) is 16.3. The summed E-state index contributed by atoms with van der Waals surface area (Å²) in [6.45, 7) is 4.49. The molecule has 144 valence electrons. The van der Waals surface area contributed by atoms with Crippen molar-refractivity contribution in [2.24, 2.45) is 0 Å². The van der Waals surface area contributed by atoms with Gasteiger partial charge in [-0.25, -0.2) is 4.98 Å². The highest BCUT2D eigenvalue weighted by Gasteiger charge is 2.18. The lowest BCUT2D eigenvalue weighted by molar-refractivity contribution is -0.120. The molecule has 0 saturated carbocycles. The Morgan fingerprint density at radius 2 is 1.79 bits per heavy atom. The predicted octanol–water partition coefficient (Wildman–Crippen LogP) is 2.85. The summed E-state index contributed by atoms with van der Waals surface area (Å²) >= 11 is 0. The van der Waals surface area contributed by atoms with E-state index >= 15 is 0 Å². The number of hydrogen-bond acceptors (Lipinski definition) is 4. The molecule has 5 heteroatoms. The third-order valence-corrected chi connectivity index (χ3v) is 5.32. The molecule has 3 aromatic rings. The molecule has 1 amide bonds. The Balaban J connectivity index is 1.39. The van der Waals surface area contributed by atoms with E-state index in [2.05, 4.69) is 57.5 Å². The van der Waals surface area contributed by atoms with Crippen molar-refractivity contribution in [3.05, 3.63) is 71.9 Å². The van der Waals surface area contributed by atoms with Crippen molar-refractivity contribution in [1.29, 1.82) is 0 Å². The summed E-state index contributed by atoms with van der Waals surface area (Å²) < 4.78 is 0. The summed E-state index contributed by atoms with van der Waals surface area (Å²) in [4.78, 5) is 21.7. The Hall–Kier alpha value is -2.92. The Morgan fingerprint density at radius 1 is 1.00 bits per heavy atom. The van der Waals surface area contributed by atoms with E-state index in [1.807, 2.05) is 30.5 Å². The zero-order chi connectivity index (χ0) is 19.3. The van der Waals surface area contributed by atoms with Crippen molar-refractivity contribution in [2.45, 2.75) is 13.0 Å². The molecule has 2 heterocycles. The van der Waals surface area contributed by atoms with Gasteiger partial charge in [0.15, 0.2) is 0 Å². The van der Waals surface area contributed by atoms with E-state index in [9.17, 15) is 4.79 Å². The second-order valence-corrected chi connectivity index (χ2v) is 7.41. The van der Waals surface area contributed by atoms with Crippen molar-refractivity contribution >= 4 is 22.5 Å². The minimum absolute atomic E-state index is 0.0310. The van der Waals surface area contributed by atoms with Gasteiger partial charge < -0.3 is 15.1 Å². The van der Waals surface area contributed by atoms with Crippen molar-refractivity contribution in [1.82, 2.24) is 15.2 Å². The van der Waals surface area contributed by atoms with Crippen LogP contribution < -0.4 is 10.2 Å². The van der Waals surface area contributed by atoms with E-state index in [-0.39, 0.29) is 5.91 Å². The number of anilines is 1. The molecular formula is C23H26N4O. The molecule has 1 fully saturated rings. The van der Waals surface area contributed by atoms with Crippen LogP contribution in [0, 0.1) is 0 Å². The molecule has 2 aromatic carbocycles. The SMILES string of the molecule is CN1CCN(c2ncccc2CNC(=O)Cc2ccc3ccccc3c2)CC1. The monoisotopic (exact) mass is 374 g/mol. The van der Waals surface area contributed by atoms with Crippen LogP contribution in [0.2, 0.25) is 0 Å². The molecular weight excluding hydrogens is 348 g/mol. The fraction of sp³-hybridized carbons (Fsp3) is 0.304. The molecule has 4 rings (SSSR count). The Kier molecular flexibility index (Phi) is 5.53. The fourth-order valence-corrected chi connectivity index (χ4v) is 3.66. The van der Waals surface area contributed by atoms with Gasteiger partial charge in [0.25, 0.3) is 0 Å². The highest BCUT2D eigenvalue weighted by Crippen LogP contribution is 2.19. The van der Waals surface area contributed by atoms with Crippen molar-refractivity contribution < 1.29 is 4.79 Å². The first-order valence-corrected chi connectivity index (χ1v) is 9.81. The number of pyridine rings is 1. The molecule has 0 unspecified atom stereocenters. The zero-order valence-electron chi connectivity index (χ0n) is 16.3. The topological polar surface area (TPSA) is 48.5 Å². The van der Waals surface area contributed by atoms with Crippen LogP contribution in [0.1, 0.15) is 11.1 Å². The molecule has 0 spiro atoms. The summed E-state index contributed by atoms with van der Waals surface area (Å²) in [5, 5.41) is 5.43. The Labute approximate surface area is 166 Å². The molecule has 1 aromatic heterocycles. The first kappa shape index (κ1) is 18.4. The second-order valence-electron chi connectivity index (χ2n) is 7.41. The fourth-order valence-electron chi connectivity index (χ4n) is 3.66. The average Bonchev–Trinajstić information content (AvgIpc) is 2.73. The number of rotatable bonds is 5. The molecule has 1 aliphatic heterocycles. The first-order chi connectivity index (χ1) is 13.7. The van der Waals surface area contributed by atoms with E-state index in [0.717, 1.165) is 48.5 Å². The lowest BCUT2D eigenvalue weighted by Crippen LogP contribution is -2.45. The number of amides is 1. The number of nitrogens with zero attached hydrogens (tertiary/aromatic N) is 3. The molecule has 0 aliphatic carbocycles. The van der Waals surface area contributed by atoms with Gasteiger partial charge in [0, 0.05) is 44.5 Å². The number of benzene rings is 2. The lowest BCUT2D eigenvalue weighted by atomic mass is 10.0. The number of hydrogen-bond donors (Lipinski definition) is 1. The van der Waals surface area contributed by atoms with Crippen LogP contribution in [0.4, 0.5) is 5.82 Å². The number of likely N-dealkylation sites (N-methyl/N-ethyl adjacent to an activating group) is 1. The van der Waals surface area contributed by atoms with Crippen LogP contribution in [0.25, 0.3) is 10.8 Å². The summed E-state index contributed by atoms with van der Waals surface area (Å²) in [5.74, 6) is 1.02. The minimum Gasteiger partial charge on any atom is -0.354 e. The van der Waals surface area contributed by atoms with Crippen molar-refractivity contribution in [2.75, 3.05) is 38.1 Å². The number of aromatic nitrogens is 1. The van der Waals surface area contributed by atoms with Gasteiger partial charge >= 0.3 is 0 Å². The highest BCUT2D eigenvalue weighted by atomic mass is 16.1. The number of piperazine rings is 1. The largest absolute Gasteiger partial charge is 0.354 e. The quantitative estimate of drug-likeness (QED) is 0.746. The lowest BCUT2D eigenvalue weighted by Gasteiger charge is -2.34. The van der Waals surface area contributed by atoms with Gasteiger partial charge in [-0.05, 0) is 29.4 Å². The minimum atomic E-state index is 0.0310. The van der Waals surface area contributed by atoms with Gasteiger partial charge in [-0.1, -0.05) is 48.5 Å². The van der Waals surface area contributed by atoms with Crippen LogP contribution in [-0.2, 0) is 17.8 Å². The van der Waals surface area contributed by atoms with Gasteiger partial charge in [0.05, 0.1) is 6.42 Å². The van der Waals surface area contributed by atoms with Gasteiger partial charge in [-0.2, -0.15) is 0 Å². The highest BCUT2D eigenvalue weighted by molar-refractivity contribution is 5.85. The average molecular weight is 374 g/mol. The number of carbonyl (C=O) groups excluding carboxylic acids is 1. The Morgan fingerprint density at radius 3 is 2.61 bits per heavy atom. The second kappa shape index (κ2) is 8.40. The molecule has 0 bridgehead atoms. The van der Waals surface area contributed by atoms with E-state index < -0.39 is 0 Å². The van der Waals surface area contributed by atoms with Gasteiger partial charge in [-0.15, -0.1) is 0 Å². The summed E-state index contributed by atoms with van der Waals surface area (Å²) in [5.41, 5.74) is 2.10. The maximum atomic E-state index is 12.5. The van der Waals surface area contributed by atoms with Gasteiger partial charge in [0.1, 0.15) is 5.82 Å². The third kappa shape index (κ3) is 4.31. The van der Waals surface area contributed by atoms with Crippen LogP contribution >= 0.6 is 0 Å². The van der Waals surface area contributed by atoms with Gasteiger partial charge in [-0.3, -0.25) is 4.79 Å². The number of fused-ring (bicyclic) bond motifs is 1. The smallest absolute Gasteiger partial charge is 0.224 e. The first-order valence-electron chi connectivity index (χ1n) is 9.81. The maximum Gasteiger partial charge on any atom is 0.224 e. The standard InChI is InChI=1S/C23H26N4O/c1-26-11-13-27(14-12-26)23-21(7-4-10-24-23)17-25-22(28)16-18-8-9-19-5-2-3-6-20(19)15-18/h2-10,15H,11-14,16-17H2,1H3,(H,25,28). The molecule has 0 radical (unpaired) electrons. The van der Waals surface area contributed by atoms with E-state index in [1.54, 1.807) is 0 Å². The Bertz CT molecular complexity index is 963. The van der Waals surface area contributed by atoms with Crippen molar-refractivity contribution in [3.8, 4) is 0 Å². The van der Waals surface area contributed by atoms with E-state index in [4.69, 9.17) is 0 Å². The van der Waals surface area contributed by atoms with Crippen LogP contribution in [0.3, 0.4) is 0 Å². The molecule has 28 heavy (non-hydrogen) atoms. The summed E-state index contributed by atoms with van der Waals surface area (Å²) in [6.07, 6.45) is 2.21. The number of nitrogens with one attached hydrogen (secondary N) is 1. The van der Waals surface area contributed by atoms with E-state index in [0.29, 0.717) is 13.0 Å². The summed E-state index contributed by atoms with van der Waals surface area (Å²) in [7, 11) is 2.14. The van der Waals surface area contributed by atoms with E-state index in [1.165, 1.54) is 5.39 Å². The van der Waals surface area contributed by atoms with Gasteiger partial charge in [0.2, 0.25) is 5.91 Å². The summed E-state index contributed by atoms with van der Waals surface area (Å²) in [6, 6.07) is 18.4. The third-order valence-electron chi connectivity index (χ3n) is 5.32. The van der Waals surface area contributed by atoms with Crippen LogP contribution in [0.5, 0.6) is 0 Å². The molecule has 0 atom stereocenters. The van der Waals surface area contributed by atoms with Crippen molar-refractivity contribution in [3.63, 3.8) is 0 Å².